The zero-order valence-electron chi connectivity index (χ0n) is 17.7. The molecule has 1 atom stereocenters. The molecule has 1 aromatic carbocycles. The second-order valence-electron chi connectivity index (χ2n) is 7.29. The van der Waals surface area contributed by atoms with Gasteiger partial charge in [-0.25, -0.2) is 0 Å². The lowest BCUT2D eigenvalue weighted by atomic mass is 10.2. The maximum atomic E-state index is 10.2. The van der Waals surface area contributed by atoms with Crippen LogP contribution in [0, 0.1) is 0 Å². The summed E-state index contributed by atoms with van der Waals surface area (Å²) in [5.41, 5.74) is 2.25. The molecule has 0 aliphatic carbocycles. The van der Waals surface area contributed by atoms with Gasteiger partial charge in [0.15, 0.2) is 11.5 Å². The molecule has 2 rings (SSSR count). The molecule has 0 saturated carbocycles. The standard InChI is InChI=1S/C21H34N4O3/c1-6-25-13-18(12-23-25)11-22-10-17-7-8-20(27-5)21(9-17)28-15-19(26)14-24(4)16(2)3/h7-9,12-13,16,19,22,26H,6,10-11,14-15H2,1-5H3/t19-/m0/s1. The van der Waals surface area contributed by atoms with E-state index >= 15 is 0 Å². The van der Waals surface area contributed by atoms with Gasteiger partial charge in [0.05, 0.1) is 13.3 Å². The highest BCUT2D eigenvalue weighted by Crippen LogP contribution is 2.28. The average molecular weight is 391 g/mol. The molecule has 0 aliphatic heterocycles. The summed E-state index contributed by atoms with van der Waals surface area (Å²) in [5.74, 6) is 1.31. The van der Waals surface area contributed by atoms with Crippen molar-refractivity contribution < 1.29 is 14.6 Å². The number of benzene rings is 1. The summed E-state index contributed by atoms with van der Waals surface area (Å²) in [5, 5.41) is 17.9. The maximum Gasteiger partial charge on any atom is 0.161 e. The normalized spacial score (nSPS) is 12.6. The fraction of sp³-hybridized carbons (Fsp3) is 0.571. The highest BCUT2D eigenvalue weighted by molar-refractivity contribution is 5.43. The minimum atomic E-state index is -0.561. The predicted molar refractivity (Wildman–Crippen MR) is 111 cm³/mol. The lowest BCUT2D eigenvalue weighted by Gasteiger charge is -2.24. The average Bonchev–Trinajstić information content (AvgIpc) is 3.14. The number of rotatable bonds is 12. The molecule has 2 N–H and O–H groups in total. The predicted octanol–water partition coefficient (Wildman–Crippen LogP) is 2.28. The number of nitrogens with zero attached hydrogens (tertiary/aromatic N) is 3. The van der Waals surface area contributed by atoms with E-state index < -0.39 is 6.10 Å². The molecule has 0 fully saturated rings. The maximum absolute atomic E-state index is 10.2. The molecule has 0 spiro atoms. The summed E-state index contributed by atoms with van der Waals surface area (Å²) in [6, 6.07) is 6.24. The van der Waals surface area contributed by atoms with Gasteiger partial charge in [0.2, 0.25) is 0 Å². The zero-order valence-corrected chi connectivity index (χ0v) is 17.7. The zero-order chi connectivity index (χ0) is 20.5. The summed E-state index contributed by atoms with van der Waals surface area (Å²) in [4.78, 5) is 2.09. The molecule has 0 bridgehead atoms. The number of aryl methyl sites for hydroxylation is 1. The SMILES string of the molecule is CCn1cc(CNCc2ccc(OC)c(OC[C@@H](O)CN(C)C(C)C)c2)cn1. The third kappa shape index (κ3) is 6.82. The number of aromatic nitrogens is 2. The first-order valence-corrected chi connectivity index (χ1v) is 9.83. The molecule has 7 nitrogen and oxygen atoms in total. The van der Waals surface area contributed by atoms with Crippen LogP contribution in [0.4, 0.5) is 0 Å². The van der Waals surface area contributed by atoms with Gasteiger partial charge >= 0.3 is 0 Å². The first-order chi connectivity index (χ1) is 13.4. The fourth-order valence-corrected chi connectivity index (χ4v) is 2.75. The van der Waals surface area contributed by atoms with Crippen LogP contribution in [-0.4, -0.2) is 59.2 Å². The van der Waals surface area contributed by atoms with Crippen LogP contribution >= 0.6 is 0 Å². The Morgan fingerprint density at radius 2 is 1.96 bits per heavy atom. The summed E-state index contributed by atoms with van der Waals surface area (Å²) >= 11 is 0. The molecular formula is C21H34N4O3. The molecule has 0 aliphatic rings. The molecular weight excluding hydrogens is 356 g/mol. The number of nitrogens with one attached hydrogen (secondary N) is 1. The van der Waals surface area contributed by atoms with Gasteiger partial charge < -0.3 is 24.8 Å². The van der Waals surface area contributed by atoms with Crippen LogP contribution in [0.3, 0.4) is 0 Å². The number of likely N-dealkylation sites (N-methyl/N-ethyl adjacent to an activating group) is 1. The summed E-state index contributed by atoms with van der Waals surface area (Å²) in [6.07, 6.45) is 3.37. The Morgan fingerprint density at radius 3 is 2.61 bits per heavy atom. The number of aliphatic hydroxyl groups is 1. The molecule has 28 heavy (non-hydrogen) atoms. The van der Waals surface area contributed by atoms with Crippen LogP contribution < -0.4 is 14.8 Å². The van der Waals surface area contributed by atoms with E-state index in [4.69, 9.17) is 9.47 Å². The molecule has 0 amide bonds. The molecule has 0 unspecified atom stereocenters. The monoisotopic (exact) mass is 390 g/mol. The highest BCUT2D eigenvalue weighted by Gasteiger charge is 2.13. The van der Waals surface area contributed by atoms with Crippen molar-refractivity contribution in [1.29, 1.82) is 0 Å². The highest BCUT2D eigenvalue weighted by atomic mass is 16.5. The van der Waals surface area contributed by atoms with Crippen LogP contribution in [0.2, 0.25) is 0 Å². The van der Waals surface area contributed by atoms with Crippen LogP contribution in [0.1, 0.15) is 31.9 Å². The number of hydrogen-bond donors (Lipinski definition) is 2. The third-order valence-corrected chi connectivity index (χ3v) is 4.71. The van der Waals surface area contributed by atoms with Crippen molar-refractivity contribution in [3.8, 4) is 11.5 Å². The van der Waals surface area contributed by atoms with Gasteiger partial charge in [-0.15, -0.1) is 0 Å². The molecule has 1 aromatic heterocycles. The second kappa shape index (κ2) is 11.0. The van der Waals surface area contributed by atoms with Gasteiger partial charge in [0.25, 0.3) is 0 Å². The van der Waals surface area contributed by atoms with Gasteiger partial charge in [-0.3, -0.25) is 4.68 Å². The molecule has 0 radical (unpaired) electrons. The van der Waals surface area contributed by atoms with E-state index in [0.717, 1.165) is 24.2 Å². The fourth-order valence-electron chi connectivity index (χ4n) is 2.75. The summed E-state index contributed by atoms with van der Waals surface area (Å²) in [7, 11) is 3.61. The van der Waals surface area contributed by atoms with Crippen molar-refractivity contribution in [3.63, 3.8) is 0 Å². The molecule has 7 heteroatoms. The van der Waals surface area contributed by atoms with Crippen molar-refractivity contribution in [2.24, 2.45) is 0 Å². The Morgan fingerprint density at radius 1 is 1.21 bits per heavy atom. The quantitative estimate of drug-likeness (QED) is 0.579. The molecule has 2 aromatic rings. The molecule has 0 saturated heterocycles. The Balaban J connectivity index is 1.89. The smallest absolute Gasteiger partial charge is 0.161 e. The van der Waals surface area contributed by atoms with Crippen molar-refractivity contribution in [2.45, 2.75) is 52.6 Å². The Bertz CT molecular complexity index is 717. The van der Waals surface area contributed by atoms with E-state index in [9.17, 15) is 5.11 Å². The minimum absolute atomic E-state index is 0.223. The first-order valence-electron chi connectivity index (χ1n) is 9.83. The summed E-state index contributed by atoms with van der Waals surface area (Å²) in [6.45, 7) is 9.38. The number of hydrogen-bond acceptors (Lipinski definition) is 6. The van der Waals surface area contributed by atoms with Gasteiger partial charge in [-0.05, 0) is 45.5 Å². The molecule has 156 valence electrons. The lowest BCUT2D eigenvalue weighted by molar-refractivity contribution is 0.0668. The van der Waals surface area contributed by atoms with Crippen molar-refractivity contribution >= 4 is 0 Å². The van der Waals surface area contributed by atoms with Crippen molar-refractivity contribution in [3.05, 3.63) is 41.7 Å². The van der Waals surface area contributed by atoms with Crippen LogP contribution in [0.15, 0.2) is 30.6 Å². The number of methoxy groups -OCH3 is 1. The van der Waals surface area contributed by atoms with Crippen LogP contribution in [-0.2, 0) is 19.6 Å². The summed E-state index contributed by atoms with van der Waals surface area (Å²) < 4.78 is 13.2. The van der Waals surface area contributed by atoms with Gasteiger partial charge in [-0.1, -0.05) is 6.07 Å². The van der Waals surface area contributed by atoms with Gasteiger partial charge in [-0.2, -0.15) is 5.10 Å². The Hall–Kier alpha value is -2.09. The Labute approximate surface area is 168 Å². The van der Waals surface area contributed by atoms with Crippen molar-refractivity contribution in [1.82, 2.24) is 20.0 Å². The minimum Gasteiger partial charge on any atom is -0.493 e. The Kier molecular flexibility index (Phi) is 8.76. The molecule has 1 heterocycles. The third-order valence-electron chi connectivity index (χ3n) is 4.71. The van der Waals surface area contributed by atoms with E-state index in [-0.39, 0.29) is 6.61 Å². The van der Waals surface area contributed by atoms with E-state index in [1.165, 1.54) is 0 Å². The van der Waals surface area contributed by atoms with Crippen molar-refractivity contribution in [2.75, 3.05) is 27.3 Å². The number of ether oxygens (including phenoxy) is 2. The lowest BCUT2D eigenvalue weighted by Crippen LogP contribution is -2.37. The second-order valence-corrected chi connectivity index (χ2v) is 7.29. The van der Waals surface area contributed by atoms with E-state index in [0.29, 0.717) is 30.6 Å². The largest absolute Gasteiger partial charge is 0.493 e. The first kappa shape index (κ1) is 22.2. The van der Waals surface area contributed by atoms with E-state index in [2.05, 4.69) is 36.1 Å². The van der Waals surface area contributed by atoms with Crippen LogP contribution in [0.5, 0.6) is 11.5 Å². The van der Waals surface area contributed by atoms with Crippen LogP contribution in [0.25, 0.3) is 0 Å². The van der Waals surface area contributed by atoms with E-state index in [1.807, 2.05) is 42.3 Å². The van der Waals surface area contributed by atoms with E-state index in [1.54, 1.807) is 7.11 Å². The topological polar surface area (TPSA) is 71.8 Å². The van der Waals surface area contributed by atoms with Gasteiger partial charge in [0, 0.05) is 44.0 Å². The van der Waals surface area contributed by atoms with Gasteiger partial charge in [0.1, 0.15) is 12.7 Å². The number of aliphatic hydroxyl groups excluding tert-OH is 1.